The van der Waals surface area contributed by atoms with Crippen LogP contribution >= 0.6 is 23.2 Å². The van der Waals surface area contributed by atoms with E-state index in [2.05, 4.69) is 10.3 Å². The van der Waals surface area contributed by atoms with E-state index in [1.807, 2.05) is 37.3 Å². The van der Waals surface area contributed by atoms with Crippen molar-refractivity contribution in [2.75, 3.05) is 0 Å². The Kier molecular flexibility index (Phi) is 4.99. The zero-order valence-electron chi connectivity index (χ0n) is 10.9. The van der Waals surface area contributed by atoms with Gasteiger partial charge in [0.2, 0.25) is 0 Å². The number of carbonyl (C=O) groups is 1. The van der Waals surface area contributed by atoms with Gasteiger partial charge >= 0.3 is 0 Å². The van der Waals surface area contributed by atoms with Crippen LogP contribution in [0.25, 0.3) is 0 Å². The van der Waals surface area contributed by atoms with Crippen molar-refractivity contribution in [2.45, 2.75) is 19.4 Å². The van der Waals surface area contributed by atoms with E-state index in [-0.39, 0.29) is 22.3 Å². The molecule has 0 saturated heterocycles. The molecule has 0 fully saturated rings. The summed E-state index contributed by atoms with van der Waals surface area (Å²) in [5, 5.41) is 3.33. The highest BCUT2D eigenvalue weighted by Gasteiger charge is 2.12. The van der Waals surface area contributed by atoms with Crippen molar-refractivity contribution in [1.29, 1.82) is 0 Å². The molecule has 0 unspecified atom stereocenters. The van der Waals surface area contributed by atoms with Crippen LogP contribution in [0.15, 0.2) is 42.5 Å². The van der Waals surface area contributed by atoms with Gasteiger partial charge in [-0.15, -0.1) is 0 Å². The molecule has 1 heterocycles. The van der Waals surface area contributed by atoms with Crippen LogP contribution in [0.5, 0.6) is 0 Å². The van der Waals surface area contributed by atoms with E-state index >= 15 is 0 Å². The zero-order chi connectivity index (χ0) is 14.5. The third-order valence-electron chi connectivity index (χ3n) is 2.79. The Bertz CT molecular complexity index is 582. The number of pyridine rings is 1. The van der Waals surface area contributed by atoms with Gasteiger partial charge in [-0.1, -0.05) is 53.5 Å². The van der Waals surface area contributed by atoms with E-state index < -0.39 is 0 Å². The van der Waals surface area contributed by atoms with Gasteiger partial charge < -0.3 is 5.32 Å². The lowest BCUT2D eigenvalue weighted by Crippen LogP contribution is -2.34. The normalized spacial score (nSPS) is 11.9. The van der Waals surface area contributed by atoms with Crippen LogP contribution in [0, 0.1) is 0 Å². The summed E-state index contributed by atoms with van der Waals surface area (Å²) >= 11 is 11.6. The van der Waals surface area contributed by atoms with Crippen molar-refractivity contribution in [3.8, 4) is 0 Å². The number of aromatic nitrogens is 1. The molecule has 0 aliphatic carbocycles. The van der Waals surface area contributed by atoms with Gasteiger partial charge in [0.1, 0.15) is 10.3 Å². The second-order valence-electron chi connectivity index (χ2n) is 4.57. The quantitative estimate of drug-likeness (QED) is 0.874. The van der Waals surface area contributed by atoms with Crippen LogP contribution in [0.3, 0.4) is 0 Å². The summed E-state index contributed by atoms with van der Waals surface area (Å²) in [6.07, 6.45) is 0.763. The molecular weight excluding hydrogens is 295 g/mol. The summed E-state index contributed by atoms with van der Waals surface area (Å²) in [6.45, 7) is 1.95. The van der Waals surface area contributed by atoms with E-state index in [0.29, 0.717) is 5.56 Å². The fourth-order valence-corrected chi connectivity index (χ4v) is 2.38. The lowest BCUT2D eigenvalue weighted by atomic mass is 10.1. The number of nitrogens with one attached hydrogen (secondary N) is 1. The minimum absolute atomic E-state index is 0.00983. The summed E-state index contributed by atoms with van der Waals surface area (Å²) in [6, 6.07) is 13.0. The van der Waals surface area contributed by atoms with E-state index in [1.54, 1.807) is 0 Å². The number of hydrogen-bond donors (Lipinski definition) is 1. The van der Waals surface area contributed by atoms with Crippen molar-refractivity contribution < 1.29 is 4.79 Å². The second kappa shape index (κ2) is 6.73. The van der Waals surface area contributed by atoms with E-state index in [4.69, 9.17) is 23.2 Å². The third kappa shape index (κ3) is 4.22. The number of carbonyl (C=O) groups excluding carboxylic acids is 1. The maximum absolute atomic E-state index is 12.1. The number of benzene rings is 1. The Morgan fingerprint density at radius 3 is 2.40 bits per heavy atom. The van der Waals surface area contributed by atoms with Crippen LogP contribution in [0.1, 0.15) is 22.8 Å². The van der Waals surface area contributed by atoms with Crippen LogP contribution in [0.4, 0.5) is 0 Å². The lowest BCUT2D eigenvalue weighted by Gasteiger charge is -2.14. The van der Waals surface area contributed by atoms with Gasteiger partial charge in [-0.3, -0.25) is 4.79 Å². The molecule has 0 aliphatic rings. The largest absolute Gasteiger partial charge is 0.349 e. The van der Waals surface area contributed by atoms with E-state index in [1.165, 1.54) is 17.7 Å². The highest BCUT2D eigenvalue weighted by Crippen LogP contribution is 2.15. The topological polar surface area (TPSA) is 42.0 Å². The molecular formula is C15H14Cl2N2O. The van der Waals surface area contributed by atoms with E-state index in [0.717, 1.165) is 6.42 Å². The molecule has 1 aromatic heterocycles. The molecule has 0 radical (unpaired) electrons. The first kappa shape index (κ1) is 14.8. The molecule has 1 N–H and O–H groups in total. The molecule has 5 heteroatoms. The molecule has 2 aromatic rings. The van der Waals surface area contributed by atoms with Gasteiger partial charge in [-0.2, -0.15) is 0 Å². The minimum atomic E-state index is -0.209. The van der Waals surface area contributed by atoms with Gasteiger partial charge in [0.25, 0.3) is 5.91 Å². The fraction of sp³-hybridized carbons (Fsp3) is 0.200. The molecule has 1 amide bonds. The van der Waals surface area contributed by atoms with Gasteiger partial charge in [0, 0.05) is 11.6 Å². The van der Waals surface area contributed by atoms with Crippen LogP contribution < -0.4 is 5.32 Å². The summed E-state index contributed by atoms with van der Waals surface area (Å²) in [5.41, 5.74) is 1.58. The average Bonchev–Trinajstić information content (AvgIpc) is 2.38. The molecule has 0 saturated carbocycles. The number of hydrogen-bond acceptors (Lipinski definition) is 2. The lowest BCUT2D eigenvalue weighted by molar-refractivity contribution is 0.0940. The number of halogens is 2. The van der Waals surface area contributed by atoms with Crippen molar-refractivity contribution in [3.63, 3.8) is 0 Å². The predicted molar refractivity (Wildman–Crippen MR) is 81.3 cm³/mol. The molecule has 1 atom stereocenters. The molecule has 0 bridgehead atoms. The smallest absolute Gasteiger partial charge is 0.251 e. The standard InChI is InChI=1S/C15H14Cl2N2O/c1-10(7-11-5-3-2-4-6-11)18-15(20)12-8-13(16)19-14(17)9-12/h2-6,8-10H,7H2,1H3,(H,18,20)/t10-/m1/s1. The molecule has 1 aromatic carbocycles. The first-order chi connectivity index (χ1) is 9.54. The van der Waals surface area contributed by atoms with Crippen molar-refractivity contribution >= 4 is 29.1 Å². The maximum Gasteiger partial charge on any atom is 0.251 e. The van der Waals surface area contributed by atoms with Gasteiger partial charge in [0.05, 0.1) is 0 Å². The fourth-order valence-electron chi connectivity index (χ4n) is 1.92. The highest BCUT2D eigenvalue weighted by atomic mass is 35.5. The molecule has 20 heavy (non-hydrogen) atoms. The Morgan fingerprint density at radius 1 is 1.20 bits per heavy atom. The van der Waals surface area contributed by atoms with Gasteiger partial charge in [0.15, 0.2) is 0 Å². The van der Waals surface area contributed by atoms with E-state index in [9.17, 15) is 4.79 Å². The first-order valence-electron chi connectivity index (χ1n) is 6.22. The zero-order valence-corrected chi connectivity index (χ0v) is 12.4. The molecule has 104 valence electrons. The average molecular weight is 309 g/mol. The Hall–Kier alpha value is -1.58. The summed E-state index contributed by atoms with van der Waals surface area (Å²) in [4.78, 5) is 15.9. The molecule has 0 spiro atoms. The minimum Gasteiger partial charge on any atom is -0.349 e. The number of rotatable bonds is 4. The third-order valence-corrected chi connectivity index (χ3v) is 3.17. The maximum atomic E-state index is 12.1. The predicted octanol–water partition coefficient (Wildman–Crippen LogP) is 3.75. The van der Waals surface area contributed by atoms with Crippen LogP contribution in [-0.2, 0) is 6.42 Å². The van der Waals surface area contributed by atoms with Crippen molar-refractivity contribution in [3.05, 3.63) is 63.9 Å². The van der Waals surface area contributed by atoms with Crippen molar-refractivity contribution in [2.24, 2.45) is 0 Å². The summed E-state index contributed by atoms with van der Waals surface area (Å²) < 4.78 is 0. The second-order valence-corrected chi connectivity index (χ2v) is 5.34. The molecule has 2 rings (SSSR count). The SMILES string of the molecule is C[C@H](Cc1ccccc1)NC(=O)c1cc(Cl)nc(Cl)c1. The Labute approximate surface area is 127 Å². The molecule has 0 aliphatic heterocycles. The number of amides is 1. The first-order valence-corrected chi connectivity index (χ1v) is 6.98. The Morgan fingerprint density at radius 2 is 1.80 bits per heavy atom. The number of nitrogens with zero attached hydrogens (tertiary/aromatic N) is 1. The highest BCUT2D eigenvalue weighted by molar-refractivity contribution is 6.33. The monoisotopic (exact) mass is 308 g/mol. The van der Waals surface area contributed by atoms with Gasteiger partial charge in [-0.25, -0.2) is 4.98 Å². The summed E-state index contributed by atoms with van der Waals surface area (Å²) in [7, 11) is 0. The van der Waals surface area contributed by atoms with Gasteiger partial charge in [-0.05, 0) is 31.0 Å². The summed E-state index contributed by atoms with van der Waals surface area (Å²) in [5.74, 6) is -0.209. The van der Waals surface area contributed by atoms with Crippen LogP contribution in [-0.4, -0.2) is 16.9 Å². The van der Waals surface area contributed by atoms with Crippen molar-refractivity contribution in [1.82, 2.24) is 10.3 Å². The Balaban J connectivity index is 2.00. The molecule has 3 nitrogen and oxygen atoms in total. The van der Waals surface area contributed by atoms with Crippen LogP contribution in [0.2, 0.25) is 10.3 Å².